The SMILES string of the molecule is CCCN(CCC(C)CC)c1ccc(/C=C2\C(=O)Nc3ccc(-c4c(C)cccc4OC)cc32)cn1. The number of nitrogens with one attached hydrogen (secondary N) is 1. The van der Waals surface area contributed by atoms with Crippen molar-refractivity contribution in [2.75, 3.05) is 30.4 Å². The van der Waals surface area contributed by atoms with E-state index in [-0.39, 0.29) is 5.91 Å². The van der Waals surface area contributed by atoms with Crippen LogP contribution in [0.25, 0.3) is 22.8 Å². The fraction of sp³-hybridized carbons (Fsp3) is 0.355. The van der Waals surface area contributed by atoms with Crippen molar-refractivity contribution < 1.29 is 9.53 Å². The Balaban J connectivity index is 1.63. The Morgan fingerprint density at radius 3 is 2.64 bits per heavy atom. The normalized spacial score (nSPS) is 14.5. The second kappa shape index (κ2) is 11.4. The summed E-state index contributed by atoms with van der Waals surface area (Å²) in [6, 6.07) is 16.2. The van der Waals surface area contributed by atoms with Crippen LogP contribution in [0.3, 0.4) is 0 Å². The van der Waals surface area contributed by atoms with Crippen molar-refractivity contribution in [3.05, 3.63) is 71.4 Å². The zero-order chi connectivity index (χ0) is 25.7. The van der Waals surface area contributed by atoms with Crippen LogP contribution in [0.1, 0.15) is 56.7 Å². The van der Waals surface area contributed by atoms with Gasteiger partial charge in [-0.05, 0) is 78.8 Å². The lowest BCUT2D eigenvalue weighted by Crippen LogP contribution is -2.27. The highest BCUT2D eigenvalue weighted by atomic mass is 16.5. The van der Waals surface area contributed by atoms with Gasteiger partial charge in [-0.25, -0.2) is 4.98 Å². The molecule has 1 aromatic heterocycles. The van der Waals surface area contributed by atoms with Crippen molar-refractivity contribution in [2.24, 2.45) is 5.92 Å². The molecule has 1 atom stereocenters. The number of hydrogen-bond acceptors (Lipinski definition) is 4. The third-order valence-electron chi connectivity index (χ3n) is 7.03. The van der Waals surface area contributed by atoms with E-state index in [1.54, 1.807) is 7.11 Å². The Labute approximate surface area is 215 Å². The fourth-order valence-corrected chi connectivity index (χ4v) is 4.70. The highest BCUT2D eigenvalue weighted by Gasteiger charge is 2.25. The van der Waals surface area contributed by atoms with E-state index in [9.17, 15) is 4.79 Å². The molecule has 1 aliphatic heterocycles. The highest BCUT2D eigenvalue weighted by molar-refractivity contribution is 6.35. The van der Waals surface area contributed by atoms with Gasteiger partial charge in [0, 0.05) is 41.7 Å². The van der Waals surface area contributed by atoms with Crippen LogP contribution in [-0.2, 0) is 4.79 Å². The van der Waals surface area contributed by atoms with Gasteiger partial charge < -0.3 is 15.0 Å². The summed E-state index contributed by atoms with van der Waals surface area (Å²) in [5, 5.41) is 3.00. The Morgan fingerprint density at radius 1 is 1.11 bits per heavy atom. The van der Waals surface area contributed by atoms with Crippen molar-refractivity contribution in [3.8, 4) is 16.9 Å². The molecular weight excluding hydrogens is 446 g/mol. The second-order valence-electron chi connectivity index (χ2n) is 9.66. The number of ether oxygens (including phenoxy) is 1. The average molecular weight is 484 g/mol. The number of methoxy groups -OCH3 is 1. The van der Waals surface area contributed by atoms with Gasteiger partial charge >= 0.3 is 0 Å². The van der Waals surface area contributed by atoms with E-state index in [0.29, 0.717) is 11.5 Å². The molecule has 1 amide bonds. The Hall–Kier alpha value is -3.60. The van der Waals surface area contributed by atoms with Crippen LogP contribution in [0, 0.1) is 12.8 Å². The number of carbonyl (C=O) groups is 1. The first kappa shape index (κ1) is 25.5. The number of benzene rings is 2. The van der Waals surface area contributed by atoms with Crippen LogP contribution >= 0.6 is 0 Å². The van der Waals surface area contributed by atoms with Gasteiger partial charge in [-0.2, -0.15) is 0 Å². The summed E-state index contributed by atoms with van der Waals surface area (Å²) in [6.07, 6.45) is 7.24. The van der Waals surface area contributed by atoms with Gasteiger partial charge in [-0.3, -0.25) is 4.79 Å². The van der Waals surface area contributed by atoms with E-state index < -0.39 is 0 Å². The average Bonchev–Trinajstić information content (AvgIpc) is 3.20. The Bertz CT molecular complexity index is 1250. The first-order chi connectivity index (χ1) is 17.4. The predicted molar refractivity (Wildman–Crippen MR) is 150 cm³/mol. The third-order valence-corrected chi connectivity index (χ3v) is 7.03. The highest BCUT2D eigenvalue weighted by Crippen LogP contribution is 2.39. The van der Waals surface area contributed by atoms with E-state index in [2.05, 4.69) is 62.2 Å². The molecule has 4 rings (SSSR count). The number of aryl methyl sites for hydroxylation is 1. The number of amides is 1. The zero-order valence-corrected chi connectivity index (χ0v) is 22.1. The molecule has 1 unspecified atom stereocenters. The van der Waals surface area contributed by atoms with Gasteiger partial charge in [-0.1, -0.05) is 45.4 Å². The lowest BCUT2D eigenvalue weighted by atomic mass is 9.95. The smallest absolute Gasteiger partial charge is 0.256 e. The molecule has 0 bridgehead atoms. The van der Waals surface area contributed by atoms with Crippen molar-refractivity contribution in [2.45, 2.75) is 47.0 Å². The van der Waals surface area contributed by atoms with Gasteiger partial charge in [0.25, 0.3) is 5.91 Å². The maximum atomic E-state index is 12.9. The van der Waals surface area contributed by atoms with Crippen LogP contribution in [0.15, 0.2) is 54.7 Å². The Morgan fingerprint density at radius 2 is 1.94 bits per heavy atom. The third kappa shape index (κ3) is 5.46. The quantitative estimate of drug-likeness (QED) is 0.310. The molecule has 36 heavy (non-hydrogen) atoms. The first-order valence-corrected chi connectivity index (χ1v) is 13.0. The second-order valence-corrected chi connectivity index (χ2v) is 9.66. The summed E-state index contributed by atoms with van der Waals surface area (Å²) in [6.45, 7) is 10.8. The minimum absolute atomic E-state index is 0.0934. The molecule has 0 spiro atoms. The maximum absolute atomic E-state index is 12.9. The number of fused-ring (bicyclic) bond motifs is 1. The first-order valence-electron chi connectivity index (χ1n) is 13.0. The number of pyridine rings is 1. The molecule has 188 valence electrons. The number of aromatic nitrogens is 1. The van der Waals surface area contributed by atoms with E-state index in [4.69, 9.17) is 9.72 Å². The van der Waals surface area contributed by atoms with Crippen LogP contribution in [0.2, 0.25) is 0 Å². The topological polar surface area (TPSA) is 54.5 Å². The van der Waals surface area contributed by atoms with Gasteiger partial charge in [-0.15, -0.1) is 0 Å². The molecule has 5 heteroatoms. The molecule has 1 aliphatic rings. The van der Waals surface area contributed by atoms with Crippen molar-refractivity contribution in [3.63, 3.8) is 0 Å². The maximum Gasteiger partial charge on any atom is 0.256 e. The summed E-state index contributed by atoms with van der Waals surface area (Å²) in [5.41, 5.74) is 6.48. The minimum atomic E-state index is -0.0934. The molecule has 0 aliphatic carbocycles. The number of nitrogens with zero attached hydrogens (tertiary/aromatic N) is 2. The largest absolute Gasteiger partial charge is 0.496 e. The van der Waals surface area contributed by atoms with Crippen molar-refractivity contribution in [1.29, 1.82) is 0 Å². The number of carbonyl (C=O) groups excluding carboxylic acids is 1. The van der Waals surface area contributed by atoms with Gasteiger partial charge in [0.2, 0.25) is 0 Å². The number of rotatable bonds is 10. The summed E-state index contributed by atoms with van der Waals surface area (Å²) < 4.78 is 5.62. The molecule has 5 nitrogen and oxygen atoms in total. The van der Waals surface area contributed by atoms with Crippen LogP contribution in [0.5, 0.6) is 5.75 Å². The Kier molecular flexibility index (Phi) is 8.09. The van der Waals surface area contributed by atoms with Gasteiger partial charge in [0.1, 0.15) is 11.6 Å². The van der Waals surface area contributed by atoms with Crippen LogP contribution < -0.4 is 15.0 Å². The molecule has 3 aromatic rings. The summed E-state index contributed by atoms with van der Waals surface area (Å²) in [5.74, 6) is 2.43. The molecule has 0 radical (unpaired) electrons. The molecular formula is C31H37N3O2. The zero-order valence-electron chi connectivity index (χ0n) is 22.1. The van der Waals surface area contributed by atoms with E-state index in [0.717, 1.165) is 71.0 Å². The lowest BCUT2D eigenvalue weighted by Gasteiger charge is -2.24. The number of hydrogen-bond donors (Lipinski definition) is 1. The van der Waals surface area contributed by atoms with Gasteiger partial charge in [0.15, 0.2) is 0 Å². The molecule has 1 N–H and O–H groups in total. The molecule has 0 saturated carbocycles. The monoisotopic (exact) mass is 483 g/mol. The molecule has 0 fully saturated rings. The number of anilines is 2. The summed E-state index contributed by atoms with van der Waals surface area (Å²) in [7, 11) is 1.69. The lowest BCUT2D eigenvalue weighted by molar-refractivity contribution is -0.110. The van der Waals surface area contributed by atoms with E-state index in [1.807, 2.05) is 36.5 Å². The molecule has 0 saturated heterocycles. The summed E-state index contributed by atoms with van der Waals surface area (Å²) >= 11 is 0. The fourth-order valence-electron chi connectivity index (χ4n) is 4.70. The van der Waals surface area contributed by atoms with Crippen LogP contribution in [0.4, 0.5) is 11.5 Å². The standard InChI is InChI=1S/C31H37N3O2/c1-6-16-34(17-15-21(3)7-2)29-14-11-23(20-32-29)18-26-25-19-24(12-13-27(25)33-31(26)35)30-22(4)9-8-10-28(30)36-5/h8-14,18-21H,6-7,15-17H2,1-5H3,(H,33,35)/b26-18-. The van der Waals surface area contributed by atoms with E-state index in [1.165, 1.54) is 6.42 Å². The molecule has 2 heterocycles. The summed E-state index contributed by atoms with van der Waals surface area (Å²) in [4.78, 5) is 20.0. The minimum Gasteiger partial charge on any atom is -0.496 e. The van der Waals surface area contributed by atoms with Crippen molar-refractivity contribution >= 4 is 29.1 Å². The van der Waals surface area contributed by atoms with Gasteiger partial charge in [0.05, 0.1) is 7.11 Å². The van der Waals surface area contributed by atoms with E-state index >= 15 is 0 Å². The molecule has 2 aromatic carbocycles. The predicted octanol–water partition coefficient (Wildman–Crippen LogP) is 7.21. The van der Waals surface area contributed by atoms with Crippen LogP contribution in [-0.4, -0.2) is 31.1 Å². The van der Waals surface area contributed by atoms with Crippen molar-refractivity contribution in [1.82, 2.24) is 4.98 Å².